The van der Waals surface area contributed by atoms with Crippen LogP contribution in [0.3, 0.4) is 0 Å². The third kappa shape index (κ3) is 2.30. The molecule has 0 aliphatic carbocycles. The van der Waals surface area contributed by atoms with E-state index >= 15 is 0 Å². The van der Waals surface area contributed by atoms with Crippen molar-refractivity contribution in [2.24, 2.45) is 0 Å². The second-order valence-electron chi connectivity index (χ2n) is 3.17. The molecule has 2 nitrogen and oxygen atoms in total. The van der Waals surface area contributed by atoms with Crippen LogP contribution in [0, 0.1) is 0 Å². The van der Waals surface area contributed by atoms with E-state index in [0.717, 1.165) is 11.1 Å². The van der Waals surface area contributed by atoms with Crippen molar-refractivity contribution in [3.63, 3.8) is 0 Å². The summed E-state index contributed by atoms with van der Waals surface area (Å²) in [5.74, 6) is 0. The molecular weight excluding hydrogens is 206 g/mol. The molecule has 3 heteroatoms. The van der Waals surface area contributed by atoms with E-state index in [2.05, 4.69) is 35.5 Å². The Morgan fingerprint density at radius 2 is 1.67 bits per heavy atom. The molecule has 1 heterocycles. The van der Waals surface area contributed by atoms with Gasteiger partial charge in [0, 0.05) is 17.2 Å². The fourth-order valence-corrected chi connectivity index (χ4v) is 1.78. The van der Waals surface area contributed by atoms with Gasteiger partial charge in [0.15, 0.2) is 0 Å². The molecule has 0 aliphatic heterocycles. The number of thioether (sulfide) groups is 1. The summed E-state index contributed by atoms with van der Waals surface area (Å²) in [6.45, 7) is 0. The van der Waals surface area contributed by atoms with Crippen molar-refractivity contribution in [1.82, 2.24) is 4.98 Å². The molecule has 76 valence electrons. The van der Waals surface area contributed by atoms with Crippen molar-refractivity contribution >= 4 is 11.8 Å². The lowest BCUT2D eigenvalue weighted by Crippen LogP contribution is -2.01. The van der Waals surface area contributed by atoms with Gasteiger partial charge < -0.3 is 4.98 Å². The van der Waals surface area contributed by atoms with Gasteiger partial charge in [-0.1, -0.05) is 12.1 Å². The lowest BCUT2D eigenvalue weighted by molar-refractivity contribution is 1.24. The fourth-order valence-electron chi connectivity index (χ4n) is 1.37. The highest BCUT2D eigenvalue weighted by Gasteiger charge is 1.97. The molecule has 2 rings (SSSR count). The van der Waals surface area contributed by atoms with Crippen LogP contribution in [0.15, 0.2) is 52.3 Å². The largest absolute Gasteiger partial charge is 0.328 e. The number of nitrogens with one attached hydrogen (secondary N) is 1. The first-order valence-corrected chi connectivity index (χ1v) is 5.85. The summed E-state index contributed by atoms with van der Waals surface area (Å²) in [6, 6.07) is 11.6. The Morgan fingerprint density at radius 3 is 2.20 bits per heavy atom. The third-order valence-electron chi connectivity index (χ3n) is 2.21. The molecule has 0 bridgehead atoms. The average Bonchev–Trinajstić information content (AvgIpc) is 2.30. The standard InChI is InChI=1S/C12H11NOS/c1-15-11-5-2-9(3-6-11)10-4-7-12(14)13-8-10/h2-8H,1H3,(H,13,14). The molecule has 0 unspecified atom stereocenters. The van der Waals surface area contributed by atoms with Crippen LogP contribution in [0.25, 0.3) is 11.1 Å². The summed E-state index contributed by atoms with van der Waals surface area (Å²) < 4.78 is 0. The molecule has 1 aromatic heterocycles. The van der Waals surface area contributed by atoms with Gasteiger partial charge in [-0.2, -0.15) is 0 Å². The first kappa shape index (κ1) is 10.1. The van der Waals surface area contributed by atoms with Crippen LogP contribution < -0.4 is 5.56 Å². The van der Waals surface area contributed by atoms with E-state index in [1.807, 2.05) is 6.07 Å². The summed E-state index contributed by atoms with van der Waals surface area (Å²) in [4.78, 5) is 14.8. The highest BCUT2D eigenvalue weighted by molar-refractivity contribution is 7.98. The molecule has 0 fully saturated rings. The molecule has 0 spiro atoms. The van der Waals surface area contributed by atoms with Gasteiger partial charge in [0.1, 0.15) is 0 Å². The summed E-state index contributed by atoms with van der Waals surface area (Å²) in [7, 11) is 0. The Balaban J connectivity index is 2.37. The van der Waals surface area contributed by atoms with Gasteiger partial charge in [-0.25, -0.2) is 0 Å². The molecule has 0 aliphatic rings. The minimum atomic E-state index is -0.0699. The molecule has 1 aromatic carbocycles. The maximum atomic E-state index is 10.9. The van der Waals surface area contributed by atoms with Crippen molar-refractivity contribution < 1.29 is 0 Å². The van der Waals surface area contributed by atoms with Gasteiger partial charge in [-0.05, 0) is 35.6 Å². The Bertz CT molecular complexity index is 481. The van der Waals surface area contributed by atoms with Gasteiger partial charge in [-0.3, -0.25) is 4.79 Å². The highest BCUT2D eigenvalue weighted by Crippen LogP contribution is 2.21. The Hall–Kier alpha value is -1.48. The number of aromatic amines is 1. The van der Waals surface area contributed by atoms with Crippen LogP contribution in [-0.2, 0) is 0 Å². The van der Waals surface area contributed by atoms with E-state index in [1.165, 1.54) is 11.0 Å². The molecule has 0 atom stereocenters. The van der Waals surface area contributed by atoms with Gasteiger partial charge in [0.2, 0.25) is 5.56 Å². The number of pyridine rings is 1. The molecule has 0 amide bonds. The predicted molar refractivity (Wildman–Crippen MR) is 64.3 cm³/mol. The predicted octanol–water partition coefficient (Wildman–Crippen LogP) is 2.76. The zero-order valence-electron chi connectivity index (χ0n) is 8.36. The normalized spacial score (nSPS) is 10.2. The van der Waals surface area contributed by atoms with Crippen LogP contribution >= 0.6 is 11.8 Å². The maximum Gasteiger partial charge on any atom is 0.247 e. The van der Waals surface area contributed by atoms with Gasteiger partial charge in [-0.15, -0.1) is 11.8 Å². The van der Waals surface area contributed by atoms with Crippen LogP contribution in [0.2, 0.25) is 0 Å². The fraction of sp³-hybridized carbons (Fsp3) is 0.0833. The first-order valence-electron chi connectivity index (χ1n) is 4.63. The third-order valence-corrected chi connectivity index (χ3v) is 2.95. The number of hydrogen-bond donors (Lipinski definition) is 1. The first-order chi connectivity index (χ1) is 7.29. The minimum Gasteiger partial charge on any atom is -0.328 e. The number of aromatic nitrogens is 1. The Labute approximate surface area is 92.4 Å². The quantitative estimate of drug-likeness (QED) is 0.785. The van der Waals surface area contributed by atoms with Crippen LogP contribution in [0.4, 0.5) is 0 Å². The lowest BCUT2D eigenvalue weighted by atomic mass is 10.1. The topological polar surface area (TPSA) is 32.9 Å². The van der Waals surface area contributed by atoms with Crippen LogP contribution in [0.1, 0.15) is 0 Å². The van der Waals surface area contributed by atoms with E-state index in [-0.39, 0.29) is 5.56 Å². The molecule has 15 heavy (non-hydrogen) atoms. The van der Waals surface area contributed by atoms with Crippen molar-refractivity contribution in [3.8, 4) is 11.1 Å². The molecular formula is C12H11NOS. The maximum absolute atomic E-state index is 10.9. The zero-order valence-corrected chi connectivity index (χ0v) is 9.17. The zero-order chi connectivity index (χ0) is 10.7. The second kappa shape index (κ2) is 4.36. The lowest BCUT2D eigenvalue weighted by Gasteiger charge is -2.01. The van der Waals surface area contributed by atoms with Crippen LogP contribution in [-0.4, -0.2) is 11.2 Å². The molecule has 0 saturated carbocycles. The average molecular weight is 217 g/mol. The molecule has 0 radical (unpaired) electrons. The Kier molecular flexibility index (Phi) is 2.92. The number of H-pyrrole nitrogens is 1. The second-order valence-corrected chi connectivity index (χ2v) is 4.05. The number of benzene rings is 1. The van der Waals surface area contributed by atoms with Crippen molar-refractivity contribution in [2.45, 2.75) is 4.90 Å². The Morgan fingerprint density at radius 1 is 1.00 bits per heavy atom. The SMILES string of the molecule is CSc1ccc(-c2ccc(=O)[nH]c2)cc1. The highest BCUT2D eigenvalue weighted by atomic mass is 32.2. The monoisotopic (exact) mass is 217 g/mol. The molecule has 1 N–H and O–H groups in total. The van der Waals surface area contributed by atoms with E-state index in [9.17, 15) is 4.79 Å². The summed E-state index contributed by atoms with van der Waals surface area (Å²) in [5, 5.41) is 0. The van der Waals surface area contributed by atoms with E-state index in [4.69, 9.17) is 0 Å². The van der Waals surface area contributed by atoms with Crippen molar-refractivity contribution in [1.29, 1.82) is 0 Å². The van der Waals surface area contributed by atoms with Gasteiger partial charge >= 0.3 is 0 Å². The van der Waals surface area contributed by atoms with Crippen LogP contribution in [0.5, 0.6) is 0 Å². The molecule has 0 saturated heterocycles. The van der Waals surface area contributed by atoms with E-state index in [1.54, 1.807) is 18.0 Å². The van der Waals surface area contributed by atoms with Gasteiger partial charge in [0.25, 0.3) is 0 Å². The van der Waals surface area contributed by atoms with Crippen molar-refractivity contribution in [2.75, 3.05) is 6.26 Å². The summed E-state index contributed by atoms with van der Waals surface area (Å²) in [5.41, 5.74) is 2.07. The number of hydrogen-bond acceptors (Lipinski definition) is 2. The summed E-state index contributed by atoms with van der Waals surface area (Å²) >= 11 is 1.72. The molecule has 2 aromatic rings. The minimum absolute atomic E-state index is 0.0699. The number of rotatable bonds is 2. The van der Waals surface area contributed by atoms with Gasteiger partial charge in [0.05, 0.1) is 0 Å². The van der Waals surface area contributed by atoms with Crippen molar-refractivity contribution in [3.05, 3.63) is 52.9 Å². The summed E-state index contributed by atoms with van der Waals surface area (Å²) in [6.07, 6.45) is 3.78. The van der Waals surface area contributed by atoms with E-state index < -0.39 is 0 Å². The van der Waals surface area contributed by atoms with E-state index in [0.29, 0.717) is 0 Å². The smallest absolute Gasteiger partial charge is 0.247 e.